The standard InChI is InChI=1S/C14H24Br2O4/c1-5-10(15)7-12(17)19-9-14(3,4)20-13(18)8-11(16)6-2/h10-11H,5-9H2,1-4H3. The fraction of sp³-hybridized carbons (Fsp3) is 0.857. The van der Waals surface area contributed by atoms with Crippen LogP contribution in [0.4, 0.5) is 0 Å². The molecule has 0 aromatic heterocycles. The molecule has 0 aromatic rings. The number of carbonyl (C=O) groups excluding carboxylic acids is 2. The third kappa shape index (κ3) is 9.75. The number of carbonyl (C=O) groups is 2. The maximum atomic E-state index is 11.7. The van der Waals surface area contributed by atoms with E-state index in [1.165, 1.54) is 0 Å². The van der Waals surface area contributed by atoms with Gasteiger partial charge in [-0.25, -0.2) is 0 Å². The molecule has 118 valence electrons. The van der Waals surface area contributed by atoms with Crippen molar-refractivity contribution in [3.8, 4) is 0 Å². The van der Waals surface area contributed by atoms with Crippen LogP contribution >= 0.6 is 31.9 Å². The van der Waals surface area contributed by atoms with Gasteiger partial charge in [-0.2, -0.15) is 0 Å². The zero-order valence-electron chi connectivity index (χ0n) is 12.6. The number of hydrogen-bond acceptors (Lipinski definition) is 4. The second kappa shape index (κ2) is 9.77. The summed E-state index contributed by atoms with van der Waals surface area (Å²) in [6.07, 6.45) is 2.35. The van der Waals surface area contributed by atoms with Crippen molar-refractivity contribution in [1.29, 1.82) is 0 Å². The van der Waals surface area contributed by atoms with Gasteiger partial charge in [-0.3, -0.25) is 9.59 Å². The molecule has 0 radical (unpaired) electrons. The van der Waals surface area contributed by atoms with Crippen molar-refractivity contribution in [1.82, 2.24) is 0 Å². The van der Waals surface area contributed by atoms with E-state index < -0.39 is 5.60 Å². The Morgan fingerprint density at radius 1 is 1.00 bits per heavy atom. The van der Waals surface area contributed by atoms with Crippen LogP contribution < -0.4 is 0 Å². The maximum absolute atomic E-state index is 11.7. The van der Waals surface area contributed by atoms with E-state index in [1.54, 1.807) is 13.8 Å². The number of halogens is 2. The highest BCUT2D eigenvalue weighted by molar-refractivity contribution is 9.09. The topological polar surface area (TPSA) is 52.6 Å². The number of esters is 2. The van der Waals surface area contributed by atoms with E-state index in [9.17, 15) is 9.59 Å². The Kier molecular flexibility index (Phi) is 9.72. The summed E-state index contributed by atoms with van der Waals surface area (Å²) in [5.74, 6) is -0.577. The minimum atomic E-state index is -0.804. The van der Waals surface area contributed by atoms with Crippen LogP contribution in [0, 0.1) is 0 Å². The molecule has 0 bridgehead atoms. The molecule has 0 N–H and O–H groups in total. The molecular formula is C14H24Br2O4. The summed E-state index contributed by atoms with van der Waals surface area (Å²) >= 11 is 6.77. The molecular weight excluding hydrogens is 392 g/mol. The van der Waals surface area contributed by atoms with Crippen LogP contribution in [0.3, 0.4) is 0 Å². The van der Waals surface area contributed by atoms with Gasteiger partial charge < -0.3 is 9.47 Å². The van der Waals surface area contributed by atoms with Crippen LogP contribution in [0.25, 0.3) is 0 Å². The van der Waals surface area contributed by atoms with Gasteiger partial charge in [0, 0.05) is 9.65 Å². The molecule has 6 heteroatoms. The lowest BCUT2D eigenvalue weighted by Gasteiger charge is -2.25. The lowest BCUT2D eigenvalue weighted by atomic mass is 10.1. The number of ether oxygens (including phenoxy) is 2. The third-order valence-electron chi connectivity index (χ3n) is 2.63. The van der Waals surface area contributed by atoms with E-state index in [1.807, 2.05) is 13.8 Å². The molecule has 0 saturated carbocycles. The second-order valence-corrected chi connectivity index (χ2v) is 7.90. The van der Waals surface area contributed by atoms with Gasteiger partial charge >= 0.3 is 11.9 Å². The first-order chi connectivity index (χ1) is 9.20. The maximum Gasteiger partial charge on any atom is 0.307 e. The van der Waals surface area contributed by atoms with Crippen molar-refractivity contribution in [3.63, 3.8) is 0 Å². The smallest absolute Gasteiger partial charge is 0.307 e. The summed E-state index contributed by atoms with van der Waals surface area (Å²) < 4.78 is 10.5. The van der Waals surface area contributed by atoms with Gasteiger partial charge in [-0.15, -0.1) is 0 Å². The summed E-state index contributed by atoms with van der Waals surface area (Å²) in [5, 5.41) is 0. The number of hydrogen-bond donors (Lipinski definition) is 0. The van der Waals surface area contributed by atoms with Gasteiger partial charge in [0.25, 0.3) is 0 Å². The van der Waals surface area contributed by atoms with Crippen molar-refractivity contribution < 1.29 is 19.1 Å². The van der Waals surface area contributed by atoms with Crippen molar-refractivity contribution in [2.75, 3.05) is 6.61 Å². The molecule has 4 nitrogen and oxygen atoms in total. The fourth-order valence-corrected chi connectivity index (χ4v) is 1.87. The zero-order valence-corrected chi connectivity index (χ0v) is 15.8. The first-order valence-electron chi connectivity index (χ1n) is 6.85. The lowest BCUT2D eigenvalue weighted by Crippen LogP contribution is -2.35. The lowest BCUT2D eigenvalue weighted by molar-refractivity contribution is -0.168. The fourth-order valence-electron chi connectivity index (χ4n) is 1.34. The van der Waals surface area contributed by atoms with Gasteiger partial charge in [0.15, 0.2) is 0 Å². The highest BCUT2D eigenvalue weighted by Gasteiger charge is 2.26. The van der Waals surface area contributed by atoms with Crippen LogP contribution in [-0.2, 0) is 19.1 Å². The van der Waals surface area contributed by atoms with Gasteiger partial charge in [-0.1, -0.05) is 45.7 Å². The molecule has 0 amide bonds. The molecule has 0 heterocycles. The van der Waals surface area contributed by atoms with Gasteiger partial charge in [0.1, 0.15) is 12.2 Å². The SMILES string of the molecule is CCC(Br)CC(=O)OCC(C)(C)OC(=O)CC(Br)CC. The number of rotatable bonds is 9. The largest absolute Gasteiger partial charge is 0.461 e. The molecule has 2 atom stereocenters. The molecule has 0 saturated heterocycles. The molecule has 0 aliphatic rings. The van der Waals surface area contributed by atoms with Crippen LogP contribution in [-0.4, -0.2) is 33.8 Å². The van der Waals surface area contributed by atoms with Crippen molar-refractivity contribution in [3.05, 3.63) is 0 Å². The second-order valence-electron chi connectivity index (χ2n) is 5.31. The third-order valence-corrected chi connectivity index (χ3v) is 4.58. The van der Waals surface area contributed by atoms with E-state index in [4.69, 9.17) is 9.47 Å². The normalized spacial score (nSPS) is 14.5. The highest BCUT2D eigenvalue weighted by atomic mass is 79.9. The van der Waals surface area contributed by atoms with Crippen LogP contribution in [0.1, 0.15) is 53.4 Å². The Labute approximate surface area is 138 Å². The summed E-state index contributed by atoms with van der Waals surface area (Å²) in [6.45, 7) is 7.52. The van der Waals surface area contributed by atoms with Gasteiger partial charge in [-0.05, 0) is 26.7 Å². The molecule has 20 heavy (non-hydrogen) atoms. The average Bonchev–Trinajstić information content (AvgIpc) is 2.35. The average molecular weight is 416 g/mol. The van der Waals surface area contributed by atoms with E-state index in [0.717, 1.165) is 12.8 Å². The van der Waals surface area contributed by atoms with E-state index in [0.29, 0.717) is 12.8 Å². The molecule has 0 rings (SSSR count). The van der Waals surface area contributed by atoms with Crippen molar-refractivity contribution in [2.45, 2.75) is 68.6 Å². The molecule has 2 unspecified atom stereocenters. The summed E-state index contributed by atoms with van der Waals surface area (Å²) in [4.78, 5) is 23.5. The van der Waals surface area contributed by atoms with Crippen LogP contribution in [0.15, 0.2) is 0 Å². The summed E-state index contributed by atoms with van der Waals surface area (Å²) in [7, 11) is 0. The van der Waals surface area contributed by atoms with E-state index in [-0.39, 0.29) is 28.2 Å². The Morgan fingerprint density at radius 2 is 1.45 bits per heavy atom. The minimum absolute atomic E-state index is 0.0695. The van der Waals surface area contributed by atoms with Crippen molar-refractivity contribution in [2.24, 2.45) is 0 Å². The van der Waals surface area contributed by atoms with Crippen molar-refractivity contribution >= 4 is 43.8 Å². The Hall–Kier alpha value is -0.100. The molecule has 0 aliphatic carbocycles. The van der Waals surface area contributed by atoms with E-state index >= 15 is 0 Å². The summed E-state index contributed by atoms with van der Waals surface area (Å²) in [5.41, 5.74) is -0.804. The van der Waals surface area contributed by atoms with Crippen LogP contribution in [0.2, 0.25) is 0 Å². The van der Waals surface area contributed by atoms with Gasteiger partial charge in [0.05, 0.1) is 12.8 Å². The predicted octanol–water partition coefficient (Wildman–Crippen LogP) is 3.98. The molecule has 0 spiro atoms. The monoisotopic (exact) mass is 414 g/mol. The summed E-state index contributed by atoms with van der Waals surface area (Å²) in [6, 6.07) is 0. The first-order valence-corrected chi connectivity index (χ1v) is 8.68. The molecule has 0 aromatic carbocycles. The molecule has 0 aliphatic heterocycles. The Morgan fingerprint density at radius 3 is 1.90 bits per heavy atom. The Balaban J connectivity index is 4.12. The quantitative estimate of drug-likeness (QED) is 0.422. The minimum Gasteiger partial charge on any atom is -0.461 e. The van der Waals surface area contributed by atoms with Crippen LogP contribution in [0.5, 0.6) is 0 Å². The predicted molar refractivity (Wildman–Crippen MR) is 86.4 cm³/mol. The number of alkyl halides is 2. The zero-order chi connectivity index (χ0) is 15.8. The molecule has 0 fully saturated rings. The van der Waals surface area contributed by atoms with Gasteiger partial charge in [0.2, 0.25) is 0 Å². The highest BCUT2D eigenvalue weighted by Crippen LogP contribution is 2.17. The Bertz CT molecular complexity index is 318. The van der Waals surface area contributed by atoms with E-state index in [2.05, 4.69) is 31.9 Å². The first kappa shape index (κ1) is 19.9.